The summed E-state index contributed by atoms with van der Waals surface area (Å²) in [4.78, 5) is 27.9. The van der Waals surface area contributed by atoms with Crippen LogP contribution in [0.15, 0.2) is 23.1 Å². The van der Waals surface area contributed by atoms with Gasteiger partial charge in [0.05, 0.1) is 36.8 Å². The Kier molecular flexibility index (Phi) is 7.87. The molecule has 28 heavy (non-hydrogen) atoms. The van der Waals surface area contributed by atoms with Gasteiger partial charge in [0.2, 0.25) is 5.43 Å². The van der Waals surface area contributed by atoms with Crippen LogP contribution in [0.4, 0.5) is 0 Å². The molecule has 0 aliphatic rings. The lowest BCUT2D eigenvalue weighted by Gasteiger charge is -2.15. The Labute approximate surface area is 164 Å². The number of aromatic nitrogens is 1. The summed E-state index contributed by atoms with van der Waals surface area (Å²) in [5.41, 5.74) is 0.0440. The standard InChI is InChI=1S/C21H29NO6/c1-6-25-21(24)16-11-22-17-9-15(27-8-7-26-14(4)5)10-18(19(17)20(16)23)28-12-13(2)3/h9-11,13-14H,6-8,12H2,1-5H3,(H,22,23). The van der Waals surface area contributed by atoms with Crippen molar-refractivity contribution in [3.63, 3.8) is 0 Å². The van der Waals surface area contributed by atoms with Crippen LogP contribution in [0.1, 0.15) is 45.0 Å². The average Bonchev–Trinajstić information content (AvgIpc) is 2.63. The molecule has 0 bridgehead atoms. The third-order valence-electron chi connectivity index (χ3n) is 3.79. The van der Waals surface area contributed by atoms with Gasteiger partial charge in [-0.15, -0.1) is 0 Å². The van der Waals surface area contributed by atoms with Crippen LogP contribution in [-0.2, 0) is 9.47 Å². The molecule has 0 aliphatic carbocycles. The normalized spacial score (nSPS) is 11.2. The van der Waals surface area contributed by atoms with E-state index in [1.807, 2.05) is 27.7 Å². The number of rotatable bonds is 10. The fraction of sp³-hybridized carbons (Fsp3) is 0.524. The van der Waals surface area contributed by atoms with Gasteiger partial charge in [0, 0.05) is 18.3 Å². The predicted octanol–water partition coefficient (Wildman–Crippen LogP) is 3.54. The highest BCUT2D eigenvalue weighted by atomic mass is 16.5. The van der Waals surface area contributed by atoms with E-state index < -0.39 is 11.4 Å². The molecule has 0 saturated carbocycles. The van der Waals surface area contributed by atoms with Crippen molar-refractivity contribution in [1.82, 2.24) is 4.98 Å². The third-order valence-corrected chi connectivity index (χ3v) is 3.79. The topological polar surface area (TPSA) is 86.9 Å². The number of fused-ring (bicyclic) bond motifs is 1. The summed E-state index contributed by atoms with van der Waals surface area (Å²) in [5, 5.41) is 0.303. The zero-order chi connectivity index (χ0) is 20.7. The number of esters is 1. The second-order valence-electron chi connectivity index (χ2n) is 7.07. The lowest BCUT2D eigenvalue weighted by Crippen LogP contribution is -2.19. The quantitative estimate of drug-likeness (QED) is 0.492. The van der Waals surface area contributed by atoms with Crippen molar-refractivity contribution >= 4 is 16.9 Å². The number of hydrogen-bond acceptors (Lipinski definition) is 6. The first kappa shape index (κ1) is 21.8. The molecule has 154 valence electrons. The van der Waals surface area contributed by atoms with Gasteiger partial charge in [-0.1, -0.05) is 13.8 Å². The van der Waals surface area contributed by atoms with Crippen molar-refractivity contribution in [1.29, 1.82) is 0 Å². The van der Waals surface area contributed by atoms with Crippen molar-refractivity contribution in [2.45, 2.75) is 40.7 Å². The van der Waals surface area contributed by atoms with E-state index in [1.54, 1.807) is 19.1 Å². The fourth-order valence-corrected chi connectivity index (χ4v) is 2.55. The van der Waals surface area contributed by atoms with Crippen molar-refractivity contribution in [3.8, 4) is 11.5 Å². The van der Waals surface area contributed by atoms with Crippen molar-refractivity contribution in [3.05, 3.63) is 34.1 Å². The van der Waals surface area contributed by atoms with Gasteiger partial charge in [0.25, 0.3) is 0 Å². The molecule has 0 spiro atoms. The minimum atomic E-state index is -0.661. The first-order valence-corrected chi connectivity index (χ1v) is 9.57. The highest BCUT2D eigenvalue weighted by Crippen LogP contribution is 2.29. The first-order chi connectivity index (χ1) is 13.3. The molecule has 1 N–H and O–H groups in total. The van der Waals surface area contributed by atoms with Crippen LogP contribution < -0.4 is 14.9 Å². The first-order valence-electron chi connectivity index (χ1n) is 9.57. The molecule has 2 rings (SSSR count). The molecule has 0 unspecified atom stereocenters. The van der Waals surface area contributed by atoms with Crippen molar-refractivity contribution < 1.29 is 23.7 Å². The number of aromatic amines is 1. The highest BCUT2D eigenvalue weighted by molar-refractivity contribution is 5.95. The van der Waals surface area contributed by atoms with Gasteiger partial charge < -0.3 is 23.9 Å². The Morgan fingerprint density at radius 2 is 1.86 bits per heavy atom. The summed E-state index contributed by atoms with van der Waals surface area (Å²) < 4.78 is 22.1. The summed E-state index contributed by atoms with van der Waals surface area (Å²) in [7, 11) is 0. The number of benzene rings is 1. The lowest BCUT2D eigenvalue weighted by molar-refractivity contribution is 0.0524. The number of hydrogen-bond donors (Lipinski definition) is 1. The number of carbonyl (C=O) groups is 1. The van der Waals surface area contributed by atoms with Crippen molar-refractivity contribution in [2.24, 2.45) is 5.92 Å². The molecule has 2 aromatic rings. The van der Waals surface area contributed by atoms with E-state index in [4.69, 9.17) is 18.9 Å². The van der Waals surface area contributed by atoms with Crippen LogP contribution >= 0.6 is 0 Å². The molecule has 1 aromatic carbocycles. The highest BCUT2D eigenvalue weighted by Gasteiger charge is 2.18. The Balaban J connectivity index is 2.40. The SMILES string of the molecule is CCOC(=O)c1c[nH]c2cc(OCCOC(C)C)cc(OCC(C)C)c2c1=O. The summed E-state index contributed by atoms with van der Waals surface area (Å²) in [6, 6.07) is 3.38. The van der Waals surface area contributed by atoms with E-state index in [2.05, 4.69) is 4.98 Å². The molecule has 1 aromatic heterocycles. The number of ether oxygens (including phenoxy) is 4. The Bertz CT molecular complexity index is 856. The minimum absolute atomic E-state index is 0.0530. The number of carbonyl (C=O) groups excluding carboxylic acids is 1. The molecule has 0 radical (unpaired) electrons. The van der Waals surface area contributed by atoms with Gasteiger partial charge >= 0.3 is 5.97 Å². The van der Waals surface area contributed by atoms with Crippen LogP contribution in [0, 0.1) is 5.92 Å². The number of H-pyrrole nitrogens is 1. The molecule has 0 fully saturated rings. The Morgan fingerprint density at radius 1 is 1.11 bits per heavy atom. The lowest BCUT2D eigenvalue weighted by atomic mass is 10.1. The second kappa shape index (κ2) is 10.1. The average molecular weight is 391 g/mol. The molecule has 7 nitrogen and oxygen atoms in total. The van der Waals surface area contributed by atoms with Gasteiger partial charge in [0.1, 0.15) is 23.7 Å². The van der Waals surface area contributed by atoms with E-state index in [0.717, 1.165) is 0 Å². The van der Waals surface area contributed by atoms with Gasteiger partial charge in [-0.05, 0) is 26.7 Å². The maximum Gasteiger partial charge on any atom is 0.343 e. The zero-order valence-corrected chi connectivity index (χ0v) is 17.2. The van der Waals surface area contributed by atoms with Crippen LogP contribution in [-0.4, -0.2) is 43.5 Å². The zero-order valence-electron chi connectivity index (χ0n) is 17.2. The van der Waals surface area contributed by atoms with Crippen LogP contribution in [0.2, 0.25) is 0 Å². The number of pyridine rings is 1. The minimum Gasteiger partial charge on any atom is -0.492 e. The van der Waals surface area contributed by atoms with Gasteiger partial charge in [-0.25, -0.2) is 4.79 Å². The summed E-state index contributed by atoms with van der Waals surface area (Å²) >= 11 is 0. The molecule has 0 saturated heterocycles. The molecule has 7 heteroatoms. The maximum absolute atomic E-state index is 12.9. The van der Waals surface area contributed by atoms with Crippen LogP contribution in [0.3, 0.4) is 0 Å². The van der Waals surface area contributed by atoms with Crippen LogP contribution in [0.5, 0.6) is 11.5 Å². The van der Waals surface area contributed by atoms with Gasteiger partial charge in [0.15, 0.2) is 0 Å². The van der Waals surface area contributed by atoms with E-state index in [0.29, 0.717) is 42.2 Å². The molecule has 1 heterocycles. The predicted molar refractivity (Wildman–Crippen MR) is 107 cm³/mol. The van der Waals surface area contributed by atoms with E-state index in [1.165, 1.54) is 6.20 Å². The van der Waals surface area contributed by atoms with Crippen LogP contribution in [0.25, 0.3) is 10.9 Å². The largest absolute Gasteiger partial charge is 0.492 e. The van der Waals surface area contributed by atoms with Gasteiger partial charge in [-0.3, -0.25) is 4.79 Å². The van der Waals surface area contributed by atoms with E-state index >= 15 is 0 Å². The molecule has 0 aliphatic heterocycles. The van der Waals surface area contributed by atoms with E-state index in [9.17, 15) is 9.59 Å². The summed E-state index contributed by atoms with van der Waals surface area (Å²) in [6.07, 6.45) is 1.49. The second-order valence-corrected chi connectivity index (χ2v) is 7.07. The summed E-state index contributed by atoms with van der Waals surface area (Å²) in [6.45, 7) is 11.1. The number of nitrogens with one attached hydrogen (secondary N) is 1. The smallest absolute Gasteiger partial charge is 0.343 e. The maximum atomic E-state index is 12.9. The Hall–Kier alpha value is -2.54. The van der Waals surface area contributed by atoms with Crippen molar-refractivity contribution in [2.75, 3.05) is 26.4 Å². The molecule has 0 amide bonds. The Morgan fingerprint density at radius 3 is 2.50 bits per heavy atom. The third kappa shape index (κ3) is 5.73. The monoisotopic (exact) mass is 391 g/mol. The summed E-state index contributed by atoms with van der Waals surface area (Å²) in [5.74, 6) is 0.537. The van der Waals surface area contributed by atoms with Gasteiger partial charge in [-0.2, -0.15) is 0 Å². The molecular formula is C21H29NO6. The molecular weight excluding hydrogens is 362 g/mol. The fourth-order valence-electron chi connectivity index (χ4n) is 2.55. The van der Waals surface area contributed by atoms with E-state index in [-0.39, 0.29) is 24.2 Å². The molecule has 0 atom stereocenters.